The molecule has 1 fully saturated rings. The molecular formula is C29H37F3N2O4. The third kappa shape index (κ3) is 4.84. The summed E-state index contributed by atoms with van der Waals surface area (Å²) < 4.78 is 50.3. The third-order valence-corrected chi connectivity index (χ3v) is 8.61. The largest absolute Gasteiger partial charge is 0.497 e. The van der Waals surface area contributed by atoms with Crippen LogP contribution in [0.15, 0.2) is 35.5 Å². The predicted octanol–water partition coefficient (Wildman–Crippen LogP) is 5.36. The fourth-order valence-electron chi connectivity index (χ4n) is 6.37. The van der Waals surface area contributed by atoms with Crippen molar-refractivity contribution in [3.05, 3.63) is 41.1 Å². The SMILES string of the molecule is COc1ccc(CCC(=O)N[C@@]2(C(F)(F)F)C(=O)N([C@@H]3CCC[C@H](C)[C@@H]3C)C3=C2C(=O)CC(C)(C)C3)cc1. The molecule has 1 saturated carbocycles. The molecular weight excluding hydrogens is 497 g/mol. The number of ketones is 1. The summed E-state index contributed by atoms with van der Waals surface area (Å²) in [7, 11) is 1.52. The molecule has 0 spiro atoms. The third-order valence-electron chi connectivity index (χ3n) is 8.61. The number of carbonyl (C=O) groups is 3. The van der Waals surface area contributed by atoms with Crippen LogP contribution in [0.25, 0.3) is 0 Å². The summed E-state index contributed by atoms with van der Waals surface area (Å²) in [5, 5.41) is 2.07. The van der Waals surface area contributed by atoms with Gasteiger partial charge in [0.05, 0.1) is 12.7 Å². The number of rotatable bonds is 6. The van der Waals surface area contributed by atoms with Gasteiger partial charge >= 0.3 is 6.18 Å². The molecule has 1 heterocycles. The molecule has 0 radical (unpaired) electrons. The molecule has 0 aromatic heterocycles. The van der Waals surface area contributed by atoms with Crippen molar-refractivity contribution in [2.24, 2.45) is 17.3 Å². The number of hydrogen-bond donors (Lipinski definition) is 1. The first-order chi connectivity index (χ1) is 17.7. The summed E-state index contributed by atoms with van der Waals surface area (Å²) in [6.45, 7) is 7.65. The zero-order chi connectivity index (χ0) is 28.0. The second-order valence-corrected chi connectivity index (χ2v) is 11.9. The van der Waals surface area contributed by atoms with Gasteiger partial charge in [0.25, 0.3) is 5.91 Å². The number of ether oxygens (including phenoxy) is 1. The van der Waals surface area contributed by atoms with E-state index in [1.54, 1.807) is 24.3 Å². The molecule has 208 valence electrons. The highest BCUT2D eigenvalue weighted by Crippen LogP contribution is 2.53. The summed E-state index contributed by atoms with van der Waals surface area (Å²) in [6, 6.07) is 6.40. The number of Topliss-reactive ketones (excluding diaryl/α,β-unsaturated/α-hetero) is 1. The molecule has 2 aliphatic carbocycles. The Morgan fingerprint density at radius 3 is 2.37 bits per heavy atom. The Morgan fingerprint density at radius 1 is 1.11 bits per heavy atom. The van der Waals surface area contributed by atoms with Gasteiger partial charge in [-0.2, -0.15) is 13.2 Å². The van der Waals surface area contributed by atoms with Gasteiger partial charge in [-0.3, -0.25) is 14.4 Å². The Bertz CT molecular complexity index is 1140. The molecule has 38 heavy (non-hydrogen) atoms. The van der Waals surface area contributed by atoms with Crippen LogP contribution < -0.4 is 10.1 Å². The molecule has 0 bridgehead atoms. The topological polar surface area (TPSA) is 75.7 Å². The molecule has 1 aliphatic heterocycles. The number of amides is 2. The lowest BCUT2D eigenvalue weighted by Gasteiger charge is -2.43. The Morgan fingerprint density at radius 2 is 1.76 bits per heavy atom. The summed E-state index contributed by atoms with van der Waals surface area (Å²) in [5.74, 6) is -2.10. The van der Waals surface area contributed by atoms with Gasteiger partial charge in [0.1, 0.15) is 5.75 Å². The van der Waals surface area contributed by atoms with Gasteiger partial charge < -0.3 is 15.0 Å². The number of nitrogens with zero attached hydrogens (tertiary/aromatic N) is 1. The minimum absolute atomic E-state index is 0.0450. The van der Waals surface area contributed by atoms with Crippen LogP contribution in [0, 0.1) is 17.3 Å². The minimum Gasteiger partial charge on any atom is -0.497 e. The van der Waals surface area contributed by atoms with Crippen LogP contribution in [0.1, 0.15) is 71.8 Å². The van der Waals surface area contributed by atoms with E-state index in [2.05, 4.69) is 5.32 Å². The minimum atomic E-state index is -5.18. The molecule has 3 aliphatic rings. The van der Waals surface area contributed by atoms with Crippen LogP contribution in [-0.4, -0.2) is 47.4 Å². The van der Waals surface area contributed by atoms with Gasteiger partial charge in [0, 0.05) is 24.6 Å². The first-order valence-corrected chi connectivity index (χ1v) is 13.3. The summed E-state index contributed by atoms with van der Waals surface area (Å²) >= 11 is 0. The number of methoxy groups -OCH3 is 1. The second-order valence-electron chi connectivity index (χ2n) is 11.9. The van der Waals surface area contributed by atoms with E-state index in [0.29, 0.717) is 12.2 Å². The first-order valence-electron chi connectivity index (χ1n) is 13.3. The standard InChI is InChI=1S/C29H37F3N2O4/c1-17-7-6-8-21(18(17)2)34-22-15-27(3,4)16-23(35)25(22)28(26(34)37,29(30,31)32)33-24(36)14-11-19-9-12-20(38-5)13-10-19/h9-10,12-13,17-18,21H,6-8,11,14-16H2,1-5H3,(H,33,36)/t17-,18-,21+,28+/m0/s1. The van der Waals surface area contributed by atoms with E-state index in [0.717, 1.165) is 18.4 Å². The zero-order valence-electron chi connectivity index (χ0n) is 22.7. The van der Waals surface area contributed by atoms with Crippen LogP contribution >= 0.6 is 0 Å². The highest BCUT2D eigenvalue weighted by molar-refractivity contribution is 6.13. The molecule has 0 unspecified atom stereocenters. The molecule has 9 heteroatoms. The lowest BCUT2D eigenvalue weighted by atomic mass is 9.72. The smallest absolute Gasteiger partial charge is 0.425 e. The van der Waals surface area contributed by atoms with Crippen molar-refractivity contribution < 1.29 is 32.3 Å². The molecule has 4 atom stereocenters. The second kappa shape index (κ2) is 10.0. The maximum absolute atomic E-state index is 15.1. The lowest BCUT2D eigenvalue weighted by Crippen LogP contribution is -2.67. The molecule has 0 saturated heterocycles. The van der Waals surface area contributed by atoms with Crippen LogP contribution in [-0.2, 0) is 20.8 Å². The number of benzene rings is 1. The monoisotopic (exact) mass is 534 g/mol. The highest BCUT2D eigenvalue weighted by atomic mass is 19.4. The van der Waals surface area contributed by atoms with Crippen molar-refractivity contribution in [3.63, 3.8) is 0 Å². The van der Waals surface area contributed by atoms with Crippen molar-refractivity contribution in [1.82, 2.24) is 10.2 Å². The van der Waals surface area contributed by atoms with Crippen molar-refractivity contribution in [2.75, 3.05) is 7.11 Å². The molecule has 1 aromatic rings. The average molecular weight is 535 g/mol. The van der Waals surface area contributed by atoms with E-state index >= 15 is 13.2 Å². The quantitative estimate of drug-likeness (QED) is 0.534. The van der Waals surface area contributed by atoms with Gasteiger partial charge in [-0.25, -0.2) is 0 Å². The maximum atomic E-state index is 15.1. The van der Waals surface area contributed by atoms with Gasteiger partial charge in [-0.1, -0.05) is 52.7 Å². The first kappa shape index (κ1) is 28.2. The fraction of sp³-hybridized carbons (Fsp3) is 0.621. The van der Waals surface area contributed by atoms with Crippen molar-refractivity contribution in [2.45, 2.75) is 90.4 Å². The van der Waals surface area contributed by atoms with Crippen molar-refractivity contribution in [1.29, 1.82) is 0 Å². The number of nitrogens with one attached hydrogen (secondary N) is 1. The van der Waals surface area contributed by atoms with E-state index < -0.39 is 46.3 Å². The molecule has 6 nitrogen and oxygen atoms in total. The molecule has 2 amide bonds. The Hall–Kier alpha value is -2.84. The molecule has 1 aromatic carbocycles. The van der Waals surface area contributed by atoms with Crippen LogP contribution in [0.5, 0.6) is 5.75 Å². The van der Waals surface area contributed by atoms with Crippen molar-refractivity contribution in [3.8, 4) is 5.75 Å². The van der Waals surface area contributed by atoms with Gasteiger partial charge in [0.2, 0.25) is 11.4 Å². The maximum Gasteiger partial charge on any atom is 0.425 e. The van der Waals surface area contributed by atoms with E-state index in [9.17, 15) is 14.4 Å². The van der Waals surface area contributed by atoms with Crippen LogP contribution in [0.3, 0.4) is 0 Å². The van der Waals surface area contributed by atoms with Crippen LogP contribution in [0.4, 0.5) is 13.2 Å². The number of hydrogen-bond acceptors (Lipinski definition) is 4. The average Bonchev–Trinajstić information content (AvgIpc) is 3.07. The van der Waals surface area contributed by atoms with E-state index in [-0.39, 0.29) is 43.2 Å². The number of carbonyl (C=O) groups excluding carboxylic acids is 3. The van der Waals surface area contributed by atoms with E-state index in [1.807, 2.05) is 27.7 Å². The summed E-state index contributed by atoms with van der Waals surface area (Å²) in [6.07, 6.45) is -2.96. The lowest BCUT2D eigenvalue weighted by molar-refractivity contribution is -0.195. The van der Waals surface area contributed by atoms with Gasteiger partial charge in [0.15, 0.2) is 5.78 Å². The summed E-state index contributed by atoms with van der Waals surface area (Å²) in [4.78, 5) is 41.7. The molecule has 4 rings (SSSR count). The van der Waals surface area contributed by atoms with Crippen molar-refractivity contribution >= 4 is 17.6 Å². The number of aryl methyl sites for hydroxylation is 1. The van der Waals surface area contributed by atoms with E-state index in [1.165, 1.54) is 12.0 Å². The number of alkyl halides is 3. The van der Waals surface area contributed by atoms with Crippen LogP contribution in [0.2, 0.25) is 0 Å². The zero-order valence-corrected chi connectivity index (χ0v) is 22.7. The summed E-state index contributed by atoms with van der Waals surface area (Å²) in [5.41, 5.74) is -3.68. The number of halogens is 3. The van der Waals surface area contributed by atoms with Gasteiger partial charge in [-0.05, 0) is 54.2 Å². The normalized spacial score (nSPS) is 29.4. The van der Waals surface area contributed by atoms with E-state index in [4.69, 9.17) is 4.74 Å². The number of allylic oxidation sites excluding steroid dienone is 1. The fourth-order valence-corrected chi connectivity index (χ4v) is 6.37. The predicted molar refractivity (Wildman–Crippen MR) is 136 cm³/mol. The molecule has 1 N–H and O–H groups in total. The highest BCUT2D eigenvalue weighted by Gasteiger charge is 2.72. The Labute approximate surface area is 222 Å². The van der Waals surface area contributed by atoms with Gasteiger partial charge in [-0.15, -0.1) is 0 Å². The Balaban J connectivity index is 1.72. The Kier molecular flexibility index (Phi) is 7.45.